The van der Waals surface area contributed by atoms with Gasteiger partial charge in [-0.15, -0.1) is 0 Å². The fourth-order valence-electron chi connectivity index (χ4n) is 3.22. The third kappa shape index (κ3) is 1.05. The molecule has 2 bridgehead atoms. The maximum Gasteiger partial charge on any atom is 0.101 e. The molecule has 1 nitrogen and oxygen atoms in total. The highest BCUT2D eigenvalue weighted by Crippen LogP contribution is 2.44. The van der Waals surface area contributed by atoms with Crippen LogP contribution in [0.15, 0.2) is 22.8 Å². The summed E-state index contributed by atoms with van der Waals surface area (Å²) >= 11 is 0. The van der Waals surface area contributed by atoms with Crippen LogP contribution < -0.4 is 0 Å². The molecule has 3 rings (SSSR count). The van der Waals surface area contributed by atoms with Crippen LogP contribution in [0.1, 0.15) is 39.5 Å². The molecule has 2 heterocycles. The summed E-state index contributed by atoms with van der Waals surface area (Å²) in [6.07, 6.45) is 8.28. The van der Waals surface area contributed by atoms with E-state index in [1.165, 1.54) is 25.7 Å². The van der Waals surface area contributed by atoms with E-state index in [9.17, 15) is 0 Å². The van der Waals surface area contributed by atoms with Gasteiger partial charge >= 0.3 is 0 Å². The number of rotatable bonds is 0. The lowest BCUT2D eigenvalue weighted by molar-refractivity contribution is 0.0481. The van der Waals surface area contributed by atoms with Gasteiger partial charge in [-0.05, 0) is 55.2 Å². The van der Waals surface area contributed by atoms with Crippen molar-refractivity contribution in [2.45, 2.75) is 51.7 Å². The van der Waals surface area contributed by atoms with Crippen molar-refractivity contribution in [3.05, 3.63) is 22.8 Å². The maximum atomic E-state index is 6.17. The van der Waals surface area contributed by atoms with Crippen LogP contribution in [0.2, 0.25) is 0 Å². The van der Waals surface area contributed by atoms with Crippen LogP contribution in [0.25, 0.3) is 0 Å². The second-order valence-corrected chi connectivity index (χ2v) is 4.98. The average molecular weight is 190 g/mol. The Hall–Kier alpha value is -0.560. The standard InChI is InChI=1S/C13H18O/c1-8-6-7-10-4-3-5-11-9(2)12(8)14-13(10)11/h4,8,12-13H,3,5-7H2,1-2H3/t8-,12-,13-/m0/s1. The van der Waals surface area contributed by atoms with Crippen molar-refractivity contribution in [1.29, 1.82) is 0 Å². The monoisotopic (exact) mass is 190 g/mol. The second-order valence-electron chi connectivity index (χ2n) is 4.98. The third-order valence-electron chi connectivity index (χ3n) is 4.09. The van der Waals surface area contributed by atoms with Gasteiger partial charge in [0.2, 0.25) is 0 Å². The SMILES string of the molecule is CC1=C2CCC=C3CC[C@H](C)[C@@H]1O[C@@H]32. The van der Waals surface area contributed by atoms with Gasteiger partial charge in [0.25, 0.3) is 0 Å². The molecule has 0 radical (unpaired) electrons. The molecule has 1 saturated heterocycles. The molecule has 0 saturated carbocycles. The Balaban J connectivity index is 2.08. The smallest absolute Gasteiger partial charge is 0.101 e. The van der Waals surface area contributed by atoms with E-state index in [0.29, 0.717) is 18.1 Å². The normalized spacial score (nSPS) is 41.0. The summed E-state index contributed by atoms with van der Waals surface area (Å²) in [5.74, 6) is 0.707. The van der Waals surface area contributed by atoms with E-state index in [0.717, 1.165) is 0 Å². The highest BCUT2D eigenvalue weighted by atomic mass is 16.5. The quantitative estimate of drug-likeness (QED) is 0.533. The fraction of sp³-hybridized carbons (Fsp3) is 0.692. The zero-order valence-electron chi connectivity index (χ0n) is 9.05. The van der Waals surface area contributed by atoms with E-state index in [-0.39, 0.29) is 0 Å². The first-order valence-electron chi connectivity index (χ1n) is 5.81. The van der Waals surface area contributed by atoms with Gasteiger partial charge in [-0.2, -0.15) is 0 Å². The van der Waals surface area contributed by atoms with Crippen molar-refractivity contribution in [2.24, 2.45) is 5.92 Å². The minimum Gasteiger partial charge on any atom is -0.362 e. The number of hydrogen-bond acceptors (Lipinski definition) is 1. The summed E-state index contributed by atoms with van der Waals surface area (Å²) in [5, 5.41) is 0. The first-order valence-corrected chi connectivity index (χ1v) is 5.81. The number of ether oxygens (including phenoxy) is 1. The van der Waals surface area contributed by atoms with Gasteiger partial charge in [-0.1, -0.05) is 13.0 Å². The lowest BCUT2D eigenvalue weighted by Crippen LogP contribution is -2.19. The summed E-state index contributed by atoms with van der Waals surface area (Å²) < 4.78 is 6.17. The molecule has 0 spiro atoms. The Bertz CT molecular complexity index is 324. The number of fused-ring (bicyclic) bond motifs is 1. The number of allylic oxidation sites excluding steroid dienone is 1. The van der Waals surface area contributed by atoms with Gasteiger partial charge in [0, 0.05) is 0 Å². The Morgan fingerprint density at radius 1 is 1.36 bits per heavy atom. The van der Waals surface area contributed by atoms with Gasteiger partial charge in [0.1, 0.15) is 6.10 Å². The molecule has 3 atom stereocenters. The van der Waals surface area contributed by atoms with Crippen LogP contribution in [0.3, 0.4) is 0 Å². The molecule has 3 aliphatic rings. The molecular weight excluding hydrogens is 172 g/mol. The van der Waals surface area contributed by atoms with E-state index in [2.05, 4.69) is 19.9 Å². The molecule has 0 amide bonds. The average Bonchev–Trinajstić information content (AvgIpc) is 2.43. The largest absolute Gasteiger partial charge is 0.362 e. The van der Waals surface area contributed by atoms with Crippen molar-refractivity contribution in [3.8, 4) is 0 Å². The first-order chi connectivity index (χ1) is 6.77. The first kappa shape index (κ1) is 8.72. The van der Waals surface area contributed by atoms with Crippen LogP contribution in [0, 0.1) is 5.92 Å². The van der Waals surface area contributed by atoms with E-state index in [4.69, 9.17) is 4.74 Å². The lowest BCUT2D eigenvalue weighted by Gasteiger charge is -2.22. The summed E-state index contributed by atoms with van der Waals surface area (Å²) in [7, 11) is 0. The van der Waals surface area contributed by atoms with Crippen LogP contribution in [0.5, 0.6) is 0 Å². The highest BCUT2D eigenvalue weighted by Gasteiger charge is 2.40. The van der Waals surface area contributed by atoms with Gasteiger partial charge in [0.05, 0.1) is 6.10 Å². The van der Waals surface area contributed by atoms with E-state index in [1.807, 2.05) is 0 Å². The number of hydrogen-bond donors (Lipinski definition) is 0. The Morgan fingerprint density at radius 2 is 2.21 bits per heavy atom. The zero-order chi connectivity index (χ0) is 9.71. The van der Waals surface area contributed by atoms with E-state index in [1.54, 1.807) is 16.7 Å². The van der Waals surface area contributed by atoms with Crippen molar-refractivity contribution in [3.63, 3.8) is 0 Å². The van der Waals surface area contributed by atoms with Gasteiger partial charge in [-0.25, -0.2) is 0 Å². The van der Waals surface area contributed by atoms with Crippen LogP contribution in [-0.4, -0.2) is 12.2 Å². The summed E-state index contributed by atoms with van der Waals surface area (Å²) in [6, 6.07) is 0. The Morgan fingerprint density at radius 3 is 3.07 bits per heavy atom. The maximum absolute atomic E-state index is 6.17. The topological polar surface area (TPSA) is 9.23 Å². The molecule has 2 aliphatic heterocycles. The fourth-order valence-corrected chi connectivity index (χ4v) is 3.22. The van der Waals surface area contributed by atoms with Crippen LogP contribution in [-0.2, 0) is 4.74 Å². The minimum absolute atomic E-state index is 0.388. The molecule has 0 aromatic heterocycles. The molecule has 76 valence electrons. The van der Waals surface area contributed by atoms with Crippen molar-refractivity contribution in [1.82, 2.24) is 0 Å². The molecule has 0 N–H and O–H groups in total. The predicted molar refractivity (Wildman–Crippen MR) is 57.1 cm³/mol. The Labute approximate surface area is 85.8 Å². The van der Waals surface area contributed by atoms with Crippen LogP contribution in [0.4, 0.5) is 0 Å². The molecule has 0 unspecified atom stereocenters. The highest BCUT2D eigenvalue weighted by molar-refractivity contribution is 5.38. The predicted octanol–water partition coefficient (Wildman–Crippen LogP) is 3.22. The van der Waals surface area contributed by atoms with E-state index < -0.39 is 0 Å². The van der Waals surface area contributed by atoms with E-state index >= 15 is 0 Å². The summed E-state index contributed by atoms with van der Waals surface area (Å²) in [6.45, 7) is 4.61. The van der Waals surface area contributed by atoms with Gasteiger partial charge < -0.3 is 4.74 Å². The summed E-state index contributed by atoms with van der Waals surface area (Å²) in [4.78, 5) is 0. The van der Waals surface area contributed by atoms with Gasteiger partial charge in [0.15, 0.2) is 0 Å². The Kier molecular flexibility index (Phi) is 1.85. The van der Waals surface area contributed by atoms with Gasteiger partial charge in [-0.3, -0.25) is 0 Å². The second kappa shape index (κ2) is 2.96. The molecule has 1 fully saturated rings. The molecule has 0 aromatic carbocycles. The molecule has 1 aliphatic carbocycles. The van der Waals surface area contributed by atoms with Crippen molar-refractivity contribution >= 4 is 0 Å². The third-order valence-corrected chi connectivity index (χ3v) is 4.09. The molecule has 1 heteroatoms. The summed E-state index contributed by atoms with van der Waals surface area (Å²) in [5.41, 5.74) is 4.73. The zero-order valence-corrected chi connectivity index (χ0v) is 9.05. The minimum atomic E-state index is 0.388. The lowest BCUT2D eigenvalue weighted by atomic mass is 9.81. The van der Waals surface area contributed by atoms with Crippen LogP contribution >= 0.6 is 0 Å². The van der Waals surface area contributed by atoms with Crippen molar-refractivity contribution in [2.75, 3.05) is 0 Å². The molecule has 0 aromatic rings. The van der Waals surface area contributed by atoms with Crippen molar-refractivity contribution < 1.29 is 4.74 Å². The molecule has 14 heavy (non-hydrogen) atoms. The molecular formula is C13H18O.